The Morgan fingerprint density at radius 1 is 1.14 bits per heavy atom. The van der Waals surface area contributed by atoms with E-state index < -0.39 is 16.0 Å². The van der Waals surface area contributed by atoms with Gasteiger partial charge in [-0.05, 0) is 65.1 Å². The number of carboxylic acid groups (broad SMARTS) is 1. The van der Waals surface area contributed by atoms with E-state index in [9.17, 15) is 13.2 Å². The van der Waals surface area contributed by atoms with Crippen molar-refractivity contribution in [2.24, 2.45) is 0 Å². The average molecular weight is 438 g/mol. The third-order valence-electron chi connectivity index (χ3n) is 2.52. The van der Waals surface area contributed by atoms with Gasteiger partial charge in [-0.25, -0.2) is 13.2 Å². The van der Waals surface area contributed by atoms with E-state index in [4.69, 9.17) is 16.7 Å². The lowest BCUT2D eigenvalue weighted by Gasteiger charge is -2.09. The third-order valence-corrected chi connectivity index (χ3v) is 4.86. The first-order chi connectivity index (χ1) is 9.78. The molecule has 0 radical (unpaired) electrons. The monoisotopic (exact) mass is 437 g/mol. The number of halogens is 2. The summed E-state index contributed by atoms with van der Waals surface area (Å²) in [7, 11) is -3.79. The third kappa shape index (κ3) is 4.08. The van der Waals surface area contributed by atoms with Gasteiger partial charge in [-0.1, -0.05) is 11.6 Å². The zero-order valence-electron chi connectivity index (χ0n) is 10.4. The van der Waals surface area contributed by atoms with Gasteiger partial charge in [0.15, 0.2) is 0 Å². The molecule has 0 aliphatic heterocycles. The Kier molecular flexibility index (Phi) is 4.74. The molecule has 110 valence electrons. The number of nitrogens with one attached hydrogen (secondary N) is 1. The molecule has 0 atom stereocenters. The van der Waals surface area contributed by atoms with E-state index in [-0.39, 0.29) is 21.2 Å². The van der Waals surface area contributed by atoms with Crippen LogP contribution >= 0.6 is 34.2 Å². The Balaban J connectivity index is 2.36. The highest BCUT2D eigenvalue weighted by molar-refractivity contribution is 14.1. The number of anilines is 1. The molecule has 0 saturated heterocycles. The molecule has 2 rings (SSSR count). The van der Waals surface area contributed by atoms with Gasteiger partial charge in [-0.3, -0.25) is 4.72 Å². The minimum atomic E-state index is -3.79. The fraction of sp³-hybridized carbons (Fsp3) is 0. The topological polar surface area (TPSA) is 83.5 Å². The molecule has 21 heavy (non-hydrogen) atoms. The van der Waals surface area contributed by atoms with Crippen LogP contribution in [0.15, 0.2) is 47.4 Å². The number of hydrogen-bond donors (Lipinski definition) is 2. The maximum atomic E-state index is 12.2. The molecule has 0 bridgehead atoms. The second kappa shape index (κ2) is 6.20. The van der Waals surface area contributed by atoms with E-state index in [1.807, 2.05) is 0 Å². The maximum Gasteiger partial charge on any atom is 0.335 e. The predicted octanol–water partition coefficient (Wildman–Crippen LogP) is 3.44. The summed E-state index contributed by atoms with van der Waals surface area (Å²) in [6, 6.07) is 10.0. The van der Waals surface area contributed by atoms with E-state index in [0.29, 0.717) is 0 Å². The lowest BCUT2D eigenvalue weighted by atomic mass is 10.2. The summed E-state index contributed by atoms with van der Waals surface area (Å²) in [6.07, 6.45) is 0. The average Bonchev–Trinajstić information content (AvgIpc) is 2.37. The van der Waals surface area contributed by atoms with Crippen LogP contribution in [0, 0.1) is 3.57 Å². The van der Waals surface area contributed by atoms with E-state index in [1.165, 1.54) is 30.3 Å². The summed E-state index contributed by atoms with van der Waals surface area (Å²) in [6.45, 7) is 0. The zero-order valence-corrected chi connectivity index (χ0v) is 14.1. The van der Waals surface area contributed by atoms with Crippen molar-refractivity contribution in [3.8, 4) is 0 Å². The molecule has 0 aliphatic carbocycles. The van der Waals surface area contributed by atoms with Crippen LogP contribution in [-0.4, -0.2) is 19.5 Å². The number of aromatic carboxylic acids is 1. The lowest BCUT2D eigenvalue weighted by molar-refractivity contribution is 0.0697. The number of rotatable bonds is 4. The van der Waals surface area contributed by atoms with Gasteiger partial charge >= 0.3 is 5.97 Å². The fourth-order valence-electron chi connectivity index (χ4n) is 1.60. The van der Waals surface area contributed by atoms with Gasteiger partial charge in [-0.15, -0.1) is 0 Å². The summed E-state index contributed by atoms with van der Waals surface area (Å²) < 4.78 is 27.6. The highest BCUT2D eigenvalue weighted by atomic mass is 127. The van der Waals surface area contributed by atoms with Gasteiger partial charge in [-0.2, -0.15) is 0 Å². The second-order valence-electron chi connectivity index (χ2n) is 4.09. The Labute approximate surface area is 140 Å². The normalized spacial score (nSPS) is 11.1. The van der Waals surface area contributed by atoms with Crippen molar-refractivity contribution in [3.05, 3.63) is 56.6 Å². The molecule has 0 heterocycles. The molecule has 0 aliphatic rings. The summed E-state index contributed by atoms with van der Waals surface area (Å²) in [5.41, 5.74) is 0.00117. The molecule has 0 amide bonds. The lowest BCUT2D eigenvalue weighted by Crippen LogP contribution is -2.13. The zero-order chi connectivity index (χ0) is 15.6. The quantitative estimate of drug-likeness (QED) is 0.718. The van der Waals surface area contributed by atoms with Crippen molar-refractivity contribution in [3.63, 3.8) is 0 Å². The molecule has 0 spiro atoms. The van der Waals surface area contributed by atoms with Gasteiger partial charge in [0.05, 0.1) is 16.1 Å². The largest absolute Gasteiger partial charge is 0.478 e. The Hall–Kier alpha value is -1.32. The number of benzene rings is 2. The van der Waals surface area contributed by atoms with Gasteiger partial charge in [0, 0.05) is 8.59 Å². The van der Waals surface area contributed by atoms with Crippen LogP contribution in [0.4, 0.5) is 5.69 Å². The summed E-state index contributed by atoms with van der Waals surface area (Å²) in [5, 5.41) is 9.08. The van der Waals surface area contributed by atoms with Crippen LogP contribution < -0.4 is 4.72 Å². The first-order valence-electron chi connectivity index (χ1n) is 5.60. The van der Waals surface area contributed by atoms with Crippen LogP contribution in [0.5, 0.6) is 0 Å². The SMILES string of the molecule is O=C(O)c1cc(Cl)cc(NS(=O)(=O)c2ccc(I)cc2)c1. The molecule has 2 N–H and O–H groups in total. The highest BCUT2D eigenvalue weighted by Gasteiger charge is 2.15. The Morgan fingerprint density at radius 3 is 2.33 bits per heavy atom. The molecule has 0 aromatic heterocycles. The molecule has 2 aromatic carbocycles. The van der Waals surface area contributed by atoms with Crippen molar-refractivity contribution < 1.29 is 18.3 Å². The van der Waals surface area contributed by atoms with Crippen molar-refractivity contribution >= 4 is 55.9 Å². The van der Waals surface area contributed by atoms with Gasteiger partial charge in [0.1, 0.15) is 0 Å². The molecule has 2 aromatic rings. The second-order valence-corrected chi connectivity index (χ2v) is 7.46. The van der Waals surface area contributed by atoms with Crippen LogP contribution in [0.25, 0.3) is 0 Å². The van der Waals surface area contributed by atoms with Crippen LogP contribution in [-0.2, 0) is 10.0 Å². The number of carboxylic acids is 1. The van der Waals surface area contributed by atoms with Crippen molar-refractivity contribution in [1.29, 1.82) is 0 Å². The van der Waals surface area contributed by atoms with E-state index in [2.05, 4.69) is 27.3 Å². The minimum Gasteiger partial charge on any atom is -0.478 e. The van der Waals surface area contributed by atoms with Crippen LogP contribution in [0.1, 0.15) is 10.4 Å². The number of hydrogen-bond acceptors (Lipinski definition) is 3. The first kappa shape index (κ1) is 16.1. The predicted molar refractivity (Wildman–Crippen MR) is 88.4 cm³/mol. The smallest absolute Gasteiger partial charge is 0.335 e. The van der Waals surface area contributed by atoms with E-state index in [1.54, 1.807) is 12.1 Å². The minimum absolute atomic E-state index is 0.0831. The van der Waals surface area contributed by atoms with E-state index >= 15 is 0 Å². The molecular weight excluding hydrogens is 429 g/mol. The van der Waals surface area contributed by atoms with Gasteiger partial charge < -0.3 is 5.11 Å². The Morgan fingerprint density at radius 2 is 1.76 bits per heavy atom. The highest BCUT2D eigenvalue weighted by Crippen LogP contribution is 2.22. The molecule has 0 unspecified atom stereocenters. The van der Waals surface area contributed by atoms with Gasteiger partial charge in [0.2, 0.25) is 0 Å². The maximum absolute atomic E-state index is 12.2. The number of sulfonamides is 1. The number of carbonyl (C=O) groups is 1. The summed E-state index contributed by atoms with van der Waals surface area (Å²) >= 11 is 7.86. The molecule has 8 heteroatoms. The van der Waals surface area contributed by atoms with Crippen molar-refractivity contribution in [1.82, 2.24) is 0 Å². The van der Waals surface area contributed by atoms with Crippen LogP contribution in [0.3, 0.4) is 0 Å². The summed E-state index contributed by atoms with van der Waals surface area (Å²) in [5.74, 6) is -1.19. The molecule has 5 nitrogen and oxygen atoms in total. The van der Waals surface area contributed by atoms with Crippen LogP contribution in [0.2, 0.25) is 5.02 Å². The molecule has 0 fully saturated rings. The standard InChI is InChI=1S/C13H9ClINO4S/c14-9-5-8(13(17)18)6-11(7-9)16-21(19,20)12-3-1-10(15)2-4-12/h1-7,16H,(H,17,18). The van der Waals surface area contributed by atoms with E-state index in [0.717, 1.165) is 3.57 Å². The fourth-order valence-corrected chi connectivity index (χ4v) is 3.23. The first-order valence-corrected chi connectivity index (χ1v) is 8.54. The molecule has 0 saturated carbocycles. The van der Waals surface area contributed by atoms with Crippen molar-refractivity contribution in [2.45, 2.75) is 4.90 Å². The summed E-state index contributed by atoms with van der Waals surface area (Å²) in [4.78, 5) is 11.0. The van der Waals surface area contributed by atoms with Gasteiger partial charge in [0.25, 0.3) is 10.0 Å². The van der Waals surface area contributed by atoms with Crippen molar-refractivity contribution in [2.75, 3.05) is 4.72 Å². The molecular formula is C13H9ClINO4S. The Bertz CT molecular complexity index is 790.